The number of benzene rings is 1. The Morgan fingerprint density at radius 2 is 2.11 bits per heavy atom. The number of hydrogen-bond acceptors (Lipinski definition) is 4. The van der Waals surface area contributed by atoms with Crippen molar-refractivity contribution in [2.75, 3.05) is 20.2 Å². The summed E-state index contributed by atoms with van der Waals surface area (Å²) in [5.41, 5.74) is 1.56. The van der Waals surface area contributed by atoms with Crippen molar-refractivity contribution in [1.29, 1.82) is 0 Å². The van der Waals surface area contributed by atoms with Gasteiger partial charge in [-0.15, -0.1) is 0 Å². The number of carbonyl (C=O) groups is 1. The van der Waals surface area contributed by atoms with Crippen LogP contribution in [0.4, 0.5) is 0 Å². The van der Waals surface area contributed by atoms with Crippen LogP contribution in [0.15, 0.2) is 30.3 Å². The summed E-state index contributed by atoms with van der Waals surface area (Å²) in [4.78, 5) is 16.4. The number of amides is 1. The molecule has 1 atom stereocenters. The zero-order chi connectivity index (χ0) is 13.2. The number of ether oxygens (including phenoxy) is 1. The standard InChI is InChI=1S/C14H15N3O2/c1-19-10-4-2-9-3-5-11(17-12(9)8-10)13-14(18)16-7-6-15-13/h2-5,8,13,15H,6-7H2,1H3,(H,16,18). The third kappa shape index (κ3) is 2.24. The summed E-state index contributed by atoms with van der Waals surface area (Å²) in [6.07, 6.45) is 0. The molecule has 3 rings (SSSR count). The van der Waals surface area contributed by atoms with Gasteiger partial charge in [0.25, 0.3) is 0 Å². The molecule has 98 valence electrons. The molecule has 2 N–H and O–H groups in total. The second kappa shape index (κ2) is 4.85. The third-order valence-corrected chi connectivity index (χ3v) is 3.25. The first-order valence-corrected chi connectivity index (χ1v) is 6.24. The van der Waals surface area contributed by atoms with E-state index >= 15 is 0 Å². The van der Waals surface area contributed by atoms with E-state index in [9.17, 15) is 4.79 Å². The largest absolute Gasteiger partial charge is 0.497 e. The Morgan fingerprint density at radius 1 is 1.26 bits per heavy atom. The highest BCUT2D eigenvalue weighted by atomic mass is 16.5. The summed E-state index contributed by atoms with van der Waals surface area (Å²) >= 11 is 0. The zero-order valence-electron chi connectivity index (χ0n) is 10.6. The summed E-state index contributed by atoms with van der Waals surface area (Å²) < 4.78 is 5.19. The molecule has 1 aromatic carbocycles. The minimum Gasteiger partial charge on any atom is -0.497 e. The van der Waals surface area contributed by atoms with Crippen molar-refractivity contribution in [3.63, 3.8) is 0 Å². The number of fused-ring (bicyclic) bond motifs is 1. The van der Waals surface area contributed by atoms with E-state index in [0.29, 0.717) is 6.54 Å². The second-order valence-corrected chi connectivity index (χ2v) is 4.47. The molecule has 0 spiro atoms. The molecule has 1 amide bonds. The zero-order valence-corrected chi connectivity index (χ0v) is 10.6. The first-order valence-electron chi connectivity index (χ1n) is 6.24. The van der Waals surface area contributed by atoms with Crippen LogP contribution < -0.4 is 15.4 Å². The van der Waals surface area contributed by atoms with Crippen LogP contribution in [-0.4, -0.2) is 31.1 Å². The van der Waals surface area contributed by atoms with Crippen molar-refractivity contribution in [2.24, 2.45) is 0 Å². The van der Waals surface area contributed by atoms with Crippen LogP contribution in [0.5, 0.6) is 5.75 Å². The molecule has 1 aromatic heterocycles. The van der Waals surface area contributed by atoms with Gasteiger partial charge in [0.2, 0.25) is 5.91 Å². The molecule has 0 aliphatic carbocycles. The number of nitrogens with one attached hydrogen (secondary N) is 2. The molecule has 0 radical (unpaired) electrons. The fourth-order valence-electron chi connectivity index (χ4n) is 2.24. The molecule has 0 bridgehead atoms. The van der Waals surface area contributed by atoms with Crippen molar-refractivity contribution >= 4 is 16.8 Å². The monoisotopic (exact) mass is 257 g/mol. The molecule has 5 nitrogen and oxygen atoms in total. The maximum absolute atomic E-state index is 11.8. The predicted octanol–water partition coefficient (Wildman–Crippen LogP) is 1.00. The number of rotatable bonds is 2. The van der Waals surface area contributed by atoms with Crippen LogP contribution in [0.3, 0.4) is 0 Å². The number of piperazine rings is 1. The van der Waals surface area contributed by atoms with Crippen molar-refractivity contribution in [3.05, 3.63) is 36.0 Å². The van der Waals surface area contributed by atoms with E-state index in [0.717, 1.165) is 28.9 Å². The molecule has 0 saturated carbocycles. The Balaban J connectivity index is 2.02. The fraction of sp³-hybridized carbons (Fsp3) is 0.286. The SMILES string of the molecule is COc1ccc2ccc(C3NCCNC3=O)nc2c1. The molecule has 1 unspecified atom stereocenters. The van der Waals surface area contributed by atoms with Crippen LogP contribution in [-0.2, 0) is 4.79 Å². The van der Waals surface area contributed by atoms with E-state index in [1.807, 2.05) is 30.3 Å². The van der Waals surface area contributed by atoms with Gasteiger partial charge in [0, 0.05) is 24.5 Å². The van der Waals surface area contributed by atoms with E-state index in [2.05, 4.69) is 15.6 Å². The lowest BCUT2D eigenvalue weighted by molar-refractivity contribution is -0.124. The van der Waals surface area contributed by atoms with Crippen molar-refractivity contribution in [2.45, 2.75) is 6.04 Å². The molecule has 2 aromatic rings. The van der Waals surface area contributed by atoms with Crippen molar-refractivity contribution in [3.8, 4) is 5.75 Å². The second-order valence-electron chi connectivity index (χ2n) is 4.47. The summed E-state index contributed by atoms with van der Waals surface area (Å²) in [6, 6.07) is 9.22. The van der Waals surface area contributed by atoms with E-state index in [1.165, 1.54) is 0 Å². The Hall–Kier alpha value is -2.14. The van der Waals surface area contributed by atoms with Gasteiger partial charge in [-0.05, 0) is 18.2 Å². The minimum absolute atomic E-state index is 0.0269. The number of methoxy groups -OCH3 is 1. The van der Waals surface area contributed by atoms with Gasteiger partial charge in [0.1, 0.15) is 11.8 Å². The molecule has 1 fully saturated rings. The number of carbonyl (C=O) groups excluding carboxylic acids is 1. The number of nitrogens with zero attached hydrogens (tertiary/aromatic N) is 1. The Morgan fingerprint density at radius 3 is 2.89 bits per heavy atom. The Kier molecular flexibility index (Phi) is 3.05. The van der Waals surface area contributed by atoms with Gasteiger partial charge in [-0.2, -0.15) is 0 Å². The molecule has 19 heavy (non-hydrogen) atoms. The first kappa shape index (κ1) is 11.9. The highest BCUT2D eigenvalue weighted by Crippen LogP contribution is 2.22. The van der Waals surface area contributed by atoms with Crippen LogP contribution in [0.2, 0.25) is 0 Å². The highest BCUT2D eigenvalue weighted by molar-refractivity contribution is 5.85. The fourth-order valence-corrected chi connectivity index (χ4v) is 2.24. The lowest BCUT2D eigenvalue weighted by atomic mass is 10.1. The maximum Gasteiger partial charge on any atom is 0.243 e. The topological polar surface area (TPSA) is 63.2 Å². The van der Waals surface area contributed by atoms with Crippen LogP contribution in [0.1, 0.15) is 11.7 Å². The van der Waals surface area contributed by atoms with Gasteiger partial charge < -0.3 is 10.1 Å². The predicted molar refractivity (Wildman–Crippen MR) is 72.0 cm³/mol. The Labute approximate surface area is 111 Å². The van der Waals surface area contributed by atoms with Crippen molar-refractivity contribution < 1.29 is 9.53 Å². The van der Waals surface area contributed by atoms with E-state index in [1.54, 1.807) is 7.11 Å². The summed E-state index contributed by atoms with van der Waals surface area (Å²) in [5, 5.41) is 7.04. The Bertz CT molecular complexity index is 627. The molecule has 1 aliphatic rings. The number of hydrogen-bond donors (Lipinski definition) is 2. The first-order chi connectivity index (χ1) is 9.28. The minimum atomic E-state index is -0.371. The number of aromatic nitrogens is 1. The smallest absolute Gasteiger partial charge is 0.243 e. The van der Waals surface area contributed by atoms with Gasteiger partial charge in [0.15, 0.2) is 0 Å². The van der Waals surface area contributed by atoms with Gasteiger partial charge in [0.05, 0.1) is 18.3 Å². The number of pyridine rings is 1. The third-order valence-electron chi connectivity index (χ3n) is 3.25. The van der Waals surface area contributed by atoms with E-state index in [4.69, 9.17) is 4.74 Å². The molecular formula is C14H15N3O2. The lowest BCUT2D eigenvalue weighted by Crippen LogP contribution is -2.47. The van der Waals surface area contributed by atoms with E-state index in [-0.39, 0.29) is 11.9 Å². The van der Waals surface area contributed by atoms with E-state index < -0.39 is 0 Å². The average molecular weight is 257 g/mol. The molecular weight excluding hydrogens is 242 g/mol. The molecule has 2 heterocycles. The summed E-state index contributed by atoms with van der Waals surface area (Å²) in [7, 11) is 1.63. The lowest BCUT2D eigenvalue weighted by Gasteiger charge is -2.23. The normalized spacial score (nSPS) is 19.2. The van der Waals surface area contributed by atoms with Crippen molar-refractivity contribution in [1.82, 2.24) is 15.6 Å². The molecule has 1 aliphatic heterocycles. The summed E-state index contributed by atoms with van der Waals surface area (Å²) in [6.45, 7) is 1.42. The average Bonchev–Trinajstić information content (AvgIpc) is 2.46. The van der Waals surface area contributed by atoms with Gasteiger partial charge >= 0.3 is 0 Å². The van der Waals surface area contributed by atoms with Gasteiger partial charge in [-0.1, -0.05) is 6.07 Å². The van der Waals surface area contributed by atoms with Crippen LogP contribution in [0, 0.1) is 0 Å². The van der Waals surface area contributed by atoms with Crippen LogP contribution in [0.25, 0.3) is 10.9 Å². The quantitative estimate of drug-likeness (QED) is 0.842. The van der Waals surface area contributed by atoms with Crippen LogP contribution >= 0.6 is 0 Å². The van der Waals surface area contributed by atoms with Gasteiger partial charge in [-0.3, -0.25) is 15.1 Å². The molecule has 1 saturated heterocycles. The maximum atomic E-state index is 11.8. The highest BCUT2D eigenvalue weighted by Gasteiger charge is 2.24. The summed E-state index contributed by atoms with van der Waals surface area (Å²) in [5.74, 6) is 0.735. The van der Waals surface area contributed by atoms with Gasteiger partial charge in [-0.25, -0.2) is 0 Å². The molecule has 5 heteroatoms.